The van der Waals surface area contributed by atoms with Crippen LogP contribution in [0.2, 0.25) is 0 Å². The maximum Gasteiger partial charge on any atom is 0.336 e. The van der Waals surface area contributed by atoms with Gasteiger partial charge in [0.05, 0.1) is 11.9 Å². The van der Waals surface area contributed by atoms with E-state index in [1.807, 2.05) is 26.8 Å². The van der Waals surface area contributed by atoms with E-state index in [9.17, 15) is 9.59 Å². The van der Waals surface area contributed by atoms with E-state index in [4.69, 9.17) is 9.15 Å². The van der Waals surface area contributed by atoms with E-state index >= 15 is 0 Å². The van der Waals surface area contributed by atoms with Gasteiger partial charge in [0.2, 0.25) is 0 Å². The quantitative estimate of drug-likeness (QED) is 0.654. The van der Waals surface area contributed by atoms with Crippen LogP contribution in [0, 0.1) is 13.8 Å². The average molecular weight is 387 g/mol. The molecule has 2 aromatic heterocycles. The van der Waals surface area contributed by atoms with Crippen molar-refractivity contribution in [2.75, 3.05) is 0 Å². The summed E-state index contributed by atoms with van der Waals surface area (Å²) in [7, 11) is 0. The third-order valence-corrected chi connectivity index (χ3v) is 4.91. The standard InChI is InChI=1S/C19H21N3O4S/c1-5-13-8-17(23)26-15-7-10(2)6-14(18(13)15)25-11(3)19(24)20-9-16-22-21-12(4)27-16/h6-8,11H,5,9H2,1-4H3,(H,20,24). The molecule has 1 amide bonds. The summed E-state index contributed by atoms with van der Waals surface area (Å²) in [4.78, 5) is 24.2. The number of ether oxygens (including phenoxy) is 1. The summed E-state index contributed by atoms with van der Waals surface area (Å²) in [5, 5.41) is 13.0. The molecule has 8 heteroatoms. The summed E-state index contributed by atoms with van der Waals surface area (Å²) in [6.45, 7) is 7.69. The van der Waals surface area contributed by atoms with Gasteiger partial charge in [-0.15, -0.1) is 10.2 Å². The molecule has 142 valence electrons. The Morgan fingerprint density at radius 2 is 2.07 bits per heavy atom. The topological polar surface area (TPSA) is 94.3 Å². The Balaban J connectivity index is 1.82. The lowest BCUT2D eigenvalue weighted by molar-refractivity contribution is -0.127. The molecule has 7 nitrogen and oxygen atoms in total. The van der Waals surface area contributed by atoms with Crippen LogP contribution >= 0.6 is 11.3 Å². The fourth-order valence-electron chi connectivity index (χ4n) is 2.80. The Kier molecular flexibility index (Phi) is 5.55. The predicted molar refractivity (Wildman–Crippen MR) is 103 cm³/mol. The van der Waals surface area contributed by atoms with E-state index in [0.717, 1.165) is 26.5 Å². The SMILES string of the molecule is CCc1cc(=O)oc2cc(C)cc(OC(C)C(=O)NCc3nnc(C)s3)c12. The van der Waals surface area contributed by atoms with Crippen LogP contribution in [0.1, 0.15) is 35.0 Å². The van der Waals surface area contributed by atoms with E-state index in [2.05, 4.69) is 15.5 Å². The molecular weight excluding hydrogens is 366 g/mol. The van der Waals surface area contributed by atoms with Crippen LogP contribution in [0.4, 0.5) is 0 Å². The lowest BCUT2D eigenvalue weighted by Gasteiger charge is -2.17. The van der Waals surface area contributed by atoms with Crippen LogP contribution in [0.15, 0.2) is 27.4 Å². The summed E-state index contributed by atoms with van der Waals surface area (Å²) in [6, 6.07) is 5.11. The molecule has 2 heterocycles. The van der Waals surface area contributed by atoms with E-state index in [1.165, 1.54) is 17.4 Å². The maximum atomic E-state index is 12.4. The molecule has 0 bridgehead atoms. The molecule has 0 saturated heterocycles. The number of hydrogen-bond donors (Lipinski definition) is 1. The first-order valence-electron chi connectivity index (χ1n) is 8.68. The van der Waals surface area contributed by atoms with Crippen molar-refractivity contribution in [2.45, 2.75) is 46.8 Å². The van der Waals surface area contributed by atoms with Gasteiger partial charge >= 0.3 is 5.63 Å². The first-order chi connectivity index (χ1) is 12.9. The third kappa shape index (κ3) is 4.33. The van der Waals surface area contributed by atoms with E-state index in [1.54, 1.807) is 13.0 Å². The van der Waals surface area contributed by atoms with Gasteiger partial charge in [0.1, 0.15) is 21.3 Å². The van der Waals surface area contributed by atoms with Crippen molar-refractivity contribution in [1.29, 1.82) is 0 Å². The van der Waals surface area contributed by atoms with Gasteiger partial charge in [0.25, 0.3) is 5.91 Å². The third-order valence-electron chi connectivity index (χ3n) is 4.07. The smallest absolute Gasteiger partial charge is 0.336 e. The zero-order chi connectivity index (χ0) is 19.6. The number of amides is 1. The van der Waals surface area contributed by atoms with E-state index in [-0.39, 0.29) is 5.91 Å². The van der Waals surface area contributed by atoms with Gasteiger partial charge in [-0.2, -0.15) is 0 Å². The summed E-state index contributed by atoms with van der Waals surface area (Å²) in [6.07, 6.45) is -0.0703. The fraction of sp³-hybridized carbons (Fsp3) is 0.368. The summed E-state index contributed by atoms with van der Waals surface area (Å²) >= 11 is 1.44. The number of fused-ring (bicyclic) bond motifs is 1. The molecule has 1 aromatic carbocycles. The summed E-state index contributed by atoms with van der Waals surface area (Å²) in [5.41, 5.74) is 1.78. The molecule has 1 atom stereocenters. The number of aromatic nitrogens is 2. The van der Waals surface area contributed by atoms with Crippen molar-refractivity contribution in [1.82, 2.24) is 15.5 Å². The highest BCUT2D eigenvalue weighted by molar-refractivity contribution is 7.11. The Labute approximate surface area is 160 Å². The largest absolute Gasteiger partial charge is 0.480 e. The monoisotopic (exact) mass is 387 g/mol. The van der Waals surface area contributed by atoms with Crippen molar-refractivity contribution in [2.24, 2.45) is 0 Å². The molecule has 1 unspecified atom stereocenters. The maximum absolute atomic E-state index is 12.4. The van der Waals surface area contributed by atoms with Crippen LogP contribution in [0.25, 0.3) is 11.0 Å². The zero-order valence-corrected chi connectivity index (χ0v) is 16.5. The number of carbonyl (C=O) groups is 1. The number of aryl methyl sites for hydroxylation is 3. The van der Waals surface area contributed by atoms with Crippen LogP contribution in [-0.2, 0) is 17.8 Å². The van der Waals surface area contributed by atoms with E-state index in [0.29, 0.717) is 24.3 Å². The molecule has 1 N–H and O–H groups in total. The number of nitrogens with one attached hydrogen (secondary N) is 1. The number of rotatable bonds is 6. The highest BCUT2D eigenvalue weighted by Gasteiger charge is 2.19. The van der Waals surface area contributed by atoms with Gasteiger partial charge in [0.15, 0.2) is 6.10 Å². The lowest BCUT2D eigenvalue weighted by atomic mass is 10.0. The van der Waals surface area contributed by atoms with Gasteiger partial charge in [-0.3, -0.25) is 4.79 Å². The minimum absolute atomic E-state index is 0.257. The summed E-state index contributed by atoms with van der Waals surface area (Å²) in [5.74, 6) is 0.271. The molecular formula is C19H21N3O4S. The van der Waals surface area contributed by atoms with E-state index < -0.39 is 11.7 Å². The van der Waals surface area contributed by atoms with Crippen molar-refractivity contribution in [3.8, 4) is 5.75 Å². The molecule has 0 aliphatic carbocycles. The fourth-order valence-corrected chi connectivity index (χ4v) is 3.45. The Hall–Kier alpha value is -2.74. The van der Waals surface area contributed by atoms with Crippen LogP contribution in [0.5, 0.6) is 5.75 Å². The first-order valence-corrected chi connectivity index (χ1v) is 9.49. The van der Waals surface area contributed by atoms with Gasteiger partial charge in [-0.05, 0) is 50.5 Å². The Morgan fingerprint density at radius 1 is 1.30 bits per heavy atom. The zero-order valence-electron chi connectivity index (χ0n) is 15.7. The number of hydrogen-bond acceptors (Lipinski definition) is 7. The predicted octanol–water partition coefficient (Wildman–Crippen LogP) is 2.91. The normalized spacial score (nSPS) is 12.1. The number of carbonyl (C=O) groups excluding carboxylic acids is 1. The van der Waals surface area contributed by atoms with Crippen LogP contribution in [-0.4, -0.2) is 22.2 Å². The second kappa shape index (κ2) is 7.87. The molecule has 3 rings (SSSR count). The highest BCUT2D eigenvalue weighted by Crippen LogP contribution is 2.31. The first kappa shape index (κ1) is 19.0. The second-order valence-electron chi connectivity index (χ2n) is 6.27. The lowest BCUT2D eigenvalue weighted by Crippen LogP contribution is -2.36. The van der Waals surface area contributed by atoms with Crippen molar-refractivity contribution in [3.05, 3.63) is 49.8 Å². The Bertz CT molecular complexity index is 1040. The second-order valence-corrected chi connectivity index (χ2v) is 7.54. The van der Waals surface area contributed by atoms with Gasteiger partial charge in [-0.1, -0.05) is 18.3 Å². The minimum Gasteiger partial charge on any atom is -0.480 e. The minimum atomic E-state index is -0.722. The molecule has 0 aliphatic rings. The molecule has 0 spiro atoms. The van der Waals surface area contributed by atoms with Crippen LogP contribution in [0.3, 0.4) is 0 Å². The van der Waals surface area contributed by atoms with Crippen molar-refractivity contribution >= 4 is 28.2 Å². The van der Waals surface area contributed by atoms with Crippen LogP contribution < -0.4 is 15.7 Å². The molecule has 3 aromatic rings. The van der Waals surface area contributed by atoms with Crippen molar-refractivity contribution < 1.29 is 13.9 Å². The molecule has 27 heavy (non-hydrogen) atoms. The number of benzene rings is 1. The molecule has 0 radical (unpaired) electrons. The molecule has 0 saturated carbocycles. The summed E-state index contributed by atoms with van der Waals surface area (Å²) < 4.78 is 11.3. The average Bonchev–Trinajstić information content (AvgIpc) is 3.03. The highest BCUT2D eigenvalue weighted by atomic mass is 32.1. The molecule has 0 fully saturated rings. The van der Waals surface area contributed by atoms with Gasteiger partial charge in [0, 0.05) is 6.07 Å². The Morgan fingerprint density at radius 3 is 2.74 bits per heavy atom. The van der Waals surface area contributed by atoms with Gasteiger partial charge < -0.3 is 14.5 Å². The van der Waals surface area contributed by atoms with Gasteiger partial charge in [-0.25, -0.2) is 4.79 Å². The van der Waals surface area contributed by atoms with Crippen molar-refractivity contribution in [3.63, 3.8) is 0 Å². The number of nitrogens with zero attached hydrogens (tertiary/aromatic N) is 2. The molecule has 0 aliphatic heterocycles.